The number of aliphatic hydroxyl groups is 5. The predicted molar refractivity (Wildman–Crippen MR) is 133 cm³/mol. The van der Waals surface area contributed by atoms with Gasteiger partial charge in [0.15, 0.2) is 6.29 Å². The Hall–Kier alpha value is -1.59. The van der Waals surface area contributed by atoms with E-state index < -0.39 is 49.5 Å². The molecule has 1 aliphatic heterocycles. The monoisotopic (exact) mass is 499 g/mol. The van der Waals surface area contributed by atoms with E-state index in [2.05, 4.69) is 36.5 Å². The fourth-order valence-corrected chi connectivity index (χ4v) is 3.53. The molecule has 7 atom stereocenters. The SMILES string of the molecule is CCC/C=C/CC/C=C/CC/C=C/C(O)C(COC1OC(CO)C(O)C(O)C1O)NC(=O)CCC. The van der Waals surface area contributed by atoms with E-state index in [1.807, 2.05) is 13.0 Å². The van der Waals surface area contributed by atoms with Crippen LogP contribution in [0.1, 0.15) is 65.2 Å². The van der Waals surface area contributed by atoms with Gasteiger partial charge in [0.25, 0.3) is 0 Å². The zero-order chi connectivity index (χ0) is 26.1. The van der Waals surface area contributed by atoms with E-state index >= 15 is 0 Å². The number of amides is 1. The number of aliphatic hydroxyl groups excluding tert-OH is 5. The molecule has 1 heterocycles. The van der Waals surface area contributed by atoms with E-state index in [-0.39, 0.29) is 18.9 Å². The van der Waals surface area contributed by atoms with Crippen molar-refractivity contribution in [3.63, 3.8) is 0 Å². The Balaban J connectivity index is 2.57. The molecule has 0 bridgehead atoms. The molecule has 1 fully saturated rings. The highest BCUT2D eigenvalue weighted by atomic mass is 16.7. The van der Waals surface area contributed by atoms with Crippen LogP contribution in [-0.4, -0.2) is 87.5 Å². The van der Waals surface area contributed by atoms with E-state index in [0.717, 1.165) is 38.5 Å². The Labute approximate surface area is 209 Å². The van der Waals surface area contributed by atoms with Crippen LogP contribution in [0.4, 0.5) is 0 Å². The summed E-state index contributed by atoms with van der Waals surface area (Å²) in [6.45, 7) is 3.24. The number of carbonyl (C=O) groups is 1. The zero-order valence-corrected chi connectivity index (χ0v) is 21.0. The van der Waals surface area contributed by atoms with Crippen LogP contribution in [0.15, 0.2) is 36.5 Å². The number of rotatable bonds is 17. The van der Waals surface area contributed by atoms with Gasteiger partial charge in [-0.2, -0.15) is 0 Å². The second kappa shape index (κ2) is 18.6. The van der Waals surface area contributed by atoms with Crippen molar-refractivity contribution >= 4 is 5.91 Å². The van der Waals surface area contributed by atoms with Crippen LogP contribution in [0.3, 0.4) is 0 Å². The van der Waals surface area contributed by atoms with Gasteiger partial charge < -0.3 is 40.3 Å². The van der Waals surface area contributed by atoms with Crippen LogP contribution in [0.2, 0.25) is 0 Å². The summed E-state index contributed by atoms with van der Waals surface area (Å²) in [4.78, 5) is 12.1. The topological polar surface area (TPSA) is 149 Å². The van der Waals surface area contributed by atoms with Crippen molar-refractivity contribution in [2.75, 3.05) is 13.2 Å². The van der Waals surface area contributed by atoms with Crippen molar-refractivity contribution in [2.24, 2.45) is 0 Å². The van der Waals surface area contributed by atoms with E-state index in [0.29, 0.717) is 6.42 Å². The molecule has 0 aromatic carbocycles. The van der Waals surface area contributed by atoms with Crippen molar-refractivity contribution in [3.8, 4) is 0 Å². The Kier molecular flexibility index (Phi) is 16.8. The number of hydrogen-bond donors (Lipinski definition) is 6. The Morgan fingerprint density at radius 2 is 1.51 bits per heavy atom. The fraction of sp³-hybridized carbons (Fsp3) is 0.731. The molecule has 202 valence electrons. The predicted octanol–water partition coefficient (Wildman–Crippen LogP) is 1.48. The molecular weight excluding hydrogens is 454 g/mol. The highest BCUT2D eigenvalue weighted by Gasteiger charge is 2.44. The highest BCUT2D eigenvalue weighted by molar-refractivity contribution is 5.76. The summed E-state index contributed by atoms with van der Waals surface area (Å²) in [5.41, 5.74) is 0. The van der Waals surface area contributed by atoms with Gasteiger partial charge in [0, 0.05) is 6.42 Å². The molecule has 0 radical (unpaired) electrons. The lowest BCUT2D eigenvalue weighted by molar-refractivity contribution is -0.302. The number of allylic oxidation sites excluding steroid dienone is 5. The lowest BCUT2D eigenvalue weighted by atomic mass is 9.99. The fourth-order valence-electron chi connectivity index (χ4n) is 3.53. The molecule has 35 heavy (non-hydrogen) atoms. The average molecular weight is 500 g/mol. The van der Waals surface area contributed by atoms with Crippen LogP contribution in [0.5, 0.6) is 0 Å². The molecule has 1 amide bonds. The maximum atomic E-state index is 12.1. The maximum absolute atomic E-state index is 12.1. The first-order valence-corrected chi connectivity index (χ1v) is 12.7. The number of hydrogen-bond acceptors (Lipinski definition) is 8. The molecule has 7 unspecified atom stereocenters. The Morgan fingerprint density at radius 3 is 2.09 bits per heavy atom. The van der Waals surface area contributed by atoms with Crippen LogP contribution in [0, 0.1) is 0 Å². The van der Waals surface area contributed by atoms with Crippen molar-refractivity contribution in [1.82, 2.24) is 5.32 Å². The van der Waals surface area contributed by atoms with Gasteiger partial charge in [0.1, 0.15) is 24.4 Å². The highest BCUT2D eigenvalue weighted by Crippen LogP contribution is 2.22. The third-order valence-electron chi connectivity index (χ3n) is 5.65. The van der Waals surface area contributed by atoms with Crippen LogP contribution in [-0.2, 0) is 14.3 Å². The molecule has 1 aliphatic rings. The van der Waals surface area contributed by atoms with Gasteiger partial charge in [-0.05, 0) is 38.5 Å². The summed E-state index contributed by atoms with van der Waals surface area (Å²) in [5, 5.41) is 52.6. The van der Waals surface area contributed by atoms with E-state index in [1.54, 1.807) is 6.08 Å². The first-order valence-electron chi connectivity index (χ1n) is 12.7. The van der Waals surface area contributed by atoms with Crippen molar-refractivity contribution in [2.45, 2.75) is 108 Å². The van der Waals surface area contributed by atoms with Crippen molar-refractivity contribution in [3.05, 3.63) is 36.5 Å². The molecule has 1 saturated heterocycles. The molecule has 0 aromatic heterocycles. The standard InChI is InChI=1S/C26H45NO8/c1-3-5-6-7-8-9-10-11-12-13-14-16-20(29)19(27-22(30)15-4-2)18-34-26-25(33)24(32)23(31)21(17-28)35-26/h6-7,10-11,14,16,19-21,23-26,28-29,31-33H,3-5,8-9,12-13,15,17-18H2,1-2H3,(H,27,30)/b7-6+,11-10+,16-14+. The molecule has 9 nitrogen and oxygen atoms in total. The van der Waals surface area contributed by atoms with Gasteiger partial charge in [-0.15, -0.1) is 0 Å². The van der Waals surface area contributed by atoms with Crippen LogP contribution in [0.25, 0.3) is 0 Å². The van der Waals surface area contributed by atoms with Gasteiger partial charge in [-0.25, -0.2) is 0 Å². The first kappa shape index (κ1) is 31.4. The molecular formula is C26H45NO8. The lowest BCUT2D eigenvalue weighted by Crippen LogP contribution is -2.60. The van der Waals surface area contributed by atoms with Crippen molar-refractivity contribution < 1.29 is 39.8 Å². The second-order valence-corrected chi connectivity index (χ2v) is 8.76. The smallest absolute Gasteiger partial charge is 0.220 e. The largest absolute Gasteiger partial charge is 0.394 e. The maximum Gasteiger partial charge on any atom is 0.220 e. The van der Waals surface area contributed by atoms with Gasteiger partial charge >= 0.3 is 0 Å². The average Bonchev–Trinajstić information content (AvgIpc) is 2.84. The Bertz CT molecular complexity index is 651. The summed E-state index contributed by atoms with van der Waals surface area (Å²) in [6, 6.07) is -0.817. The summed E-state index contributed by atoms with van der Waals surface area (Å²) in [6.07, 6.45) is 10.7. The molecule has 0 spiro atoms. The number of carbonyl (C=O) groups excluding carboxylic acids is 1. The minimum atomic E-state index is -1.57. The summed E-state index contributed by atoms with van der Waals surface area (Å²) in [5.74, 6) is -0.252. The van der Waals surface area contributed by atoms with E-state index in [4.69, 9.17) is 9.47 Å². The first-order chi connectivity index (χ1) is 16.8. The summed E-state index contributed by atoms with van der Waals surface area (Å²) >= 11 is 0. The minimum Gasteiger partial charge on any atom is -0.394 e. The molecule has 0 saturated carbocycles. The number of ether oxygens (including phenoxy) is 2. The second-order valence-electron chi connectivity index (χ2n) is 8.76. The molecule has 9 heteroatoms. The summed E-state index contributed by atoms with van der Waals surface area (Å²) in [7, 11) is 0. The summed E-state index contributed by atoms with van der Waals surface area (Å²) < 4.78 is 10.9. The molecule has 1 rings (SSSR count). The molecule has 0 aromatic rings. The Morgan fingerprint density at radius 1 is 0.914 bits per heavy atom. The number of nitrogens with one attached hydrogen (secondary N) is 1. The van der Waals surface area contributed by atoms with Gasteiger partial charge in [0.2, 0.25) is 5.91 Å². The third kappa shape index (κ3) is 12.3. The van der Waals surface area contributed by atoms with E-state index in [1.165, 1.54) is 0 Å². The normalized spacial score (nSPS) is 27.1. The number of unbranched alkanes of at least 4 members (excludes halogenated alkanes) is 3. The third-order valence-corrected chi connectivity index (χ3v) is 5.65. The van der Waals surface area contributed by atoms with Crippen molar-refractivity contribution in [1.29, 1.82) is 0 Å². The molecule has 0 aliphatic carbocycles. The van der Waals surface area contributed by atoms with E-state index in [9.17, 15) is 30.3 Å². The van der Waals surface area contributed by atoms with Gasteiger partial charge in [0.05, 0.1) is 25.4 Å². The van der Waals surface area contributed by atoms with Gasteiger partial charge in [-0.3, -0.25) is 4.79 Å². The quantitative estimate of drug-likeness (QED) is 0.130. The minimum absolute atomic E-state index is 0.213. The molecule has 6 N–H and O–H groups in total. The zero-order valence-electron chi connectivity index (χ0n) is 21.0. The van der Waals surface area contributed by atoms with Crippen LogP contribution >= 0.6 is 0 Å². The lowest BCUT2D eigenvalue weighted by Gasteiger charge is -2.40. The van der Waals surface area contributed by atoms with Gasteiger partial charge in [-0.1, -0.05) is 56.7 Å². The van der Waals surface area contributed by atoms with Crippen LogP contribution < -0.4 is 5.32 Å².